The Morgan fingerprint density at radius 2 is 1.05 bits per heavy atom. The van der Waals surface area contributed by atoms with Gasteiger partial charge in [-0.05, 0) is 26.7 Å². The van der Waals surface area contributed by atoms with Crippen LogP contribution >= 0.6 is 0 Å². The number of carbonyl (C=O) groups is 2. The molecule has 2 unspecified atom stereocenters. The summed E-state index contributed by atoms with van der Waals surface area (Å²) >= 11 is 0. The Hall–Kier alpha value is 0.860. The molecule has 6 nitrogen and oxygen atoms in total. The van der Waals surface area contributed by atoms with Crippen molar-refractivity contribution in [3.63, 3.8) is 0 Å². The Morgan fingerprint density at radius 1 is 0.850 bits per heavy atom. The fourth-order valence-corrected chi connectivity index (χ4v) is 1.18. The van der Waals surface area contributed by atoms with Gasteiger partial charge in [0.2, 0.25) is 0 Å². The first-order chi connectivity index (χ1) is 8.01. The summed E-state index contributed by atoms with van der Waals surface area (Å²) in [5, 5.41) is 38.0. The maximum atomic E-state index is 10.0. The average molecular weight is 308 g/mol. The maximum absolute atomic E-state index is 10.0. The first kappa shape index (κ1) is 28.9. The summed E-state index contributed by atoms with van der Waals surface area (Å²) in [7, 11) is 0. The SMILES string of the molecule is CCCC(C)(O)C(=O)[O-].CCCC(C)(O)C(=O)[O-].[Na+].[Na+]. The minimum atomic E-state index is -1.64. The quantitative estimate of drug-likeness (QED) is 0.470. The molecule has 0 fully saturated rings. The second-order valence-electron chi connectivity index (χ2n) is 4.62. The van der Waals surface area contributed by atoms with Crippen LogP contribution in [0, 0.1) is 0 Å². The van der Waals surface area contributed by atoms with Gasteiger partial charge in [-0.1, -0.05) is 26.7 Å². The maximum Gasteiger partial charge on any atom is 1.00 e. The molecule has 0 aromatic heterocycles. The molecule has 0 aliphatic rings. The van der Waals surface area contributed by atoms with Crippen molar-refractivity contribution < 1.29 is 89.1 Å². The van der Waals surface area contributed by atoms with E-state index in [1.165, 1.54) is 13.8 Å². The van der Waals surface area contributed by atoms with E-state index in [2.05, 4.69) is 0 Å². The van der Waals surface area contributed by atoms with E-state index >= 15 is 0 Å². The van der Waals surface area contributed by atoms with Crippen molar-refractivity contribution >= 4 is 11.9 Å². The minimum Gasteiger partial charge on any atom is -0.547 e. The second kappa shape index (κ2) is 13.5. The monoisotopic (exact) mass is 308 g/mol. The number of carboxylic acid groups (broad SMARTS) is 2. The van der Waals surface area contributed by atoms with Gasteiger partial charge in [-0.15, -0.1) is 0 Å². The van der Waals surface area contributed by atoms with E-state index in [9.17, 15) is 19.8 Å². The second-order valence-corrected chi connectivity index (χ2v) is 4.62. The van der Waals surface area contributed by atoms with Crippen molar-refractivity contribution in [2.24, 2.45) is 0 Å². The van der Waals surface area contributed by atoms with Crippen molar-refractivity contribution in [1.29, 1.82) is 0 Å². The van der Waals surface area contributed by atoms with Crippen molar-refractivity contribution in [3.8, 4) is 0 Å². The van der Waals surface area contributed by atoms with E-state index in [1.54, 1.807) is 13.8 Å². The van der Waals surface area contributed by atoms with Gasteiger partial charge in [0, 0.05) is 0 Å². The fourth-order valence-electron chi connectivity index (χ4n) is 1.18. The molecule has 0 bridgehead atoms. The van der Waals surface area contributed by atoms with Crippen molar-refractivity contribution in [2.75, 3.05) is 0 Å². The normalized spacial score (nSPS) is 15.1. The Balaban J connectivity index is -0.000000116. The van der Waals surface area contributed by atoms with Crippen LogP contribution in [0.2, 0.25) is 0 Å². The molecule has 0 saturated heterocycles. The molecule has 0 aromatic carbocycles. The Labute approximate surface area is 164 Å². The van der Waals surface area contributed by atoms with Crippen molar-refractivity contribution in [3.05, 3.63) is 0 Å². The number of aliphatic hydroxyl groups is 2. The van der Waals surface area contributed by atoms with E-state index in [1.807, 2.05) is 0 Å². The van der Waals surface area contributed by atoms with Gasteiger partial charge < -0.3 is 30.0 Å². The van der Waals surface area contributed by atoms with Crippen LogP contribution in [0.4, 0.5) is 0 Å². The third-order valence-corrected chi connectivity index (χ3v) is 2.35. The van der Waals surface area contributed by atoms with Gasteiger partial charge in [0.1, 0.15) is 11.2 Å². The standard InChI is InChI=1S/2C6H12O3.2Na/c2*1-3-4-6(2,9)5(7)8;;/h2*9H,3-4H2,1-2H3,(H,7,8);;/q;;2*+1/p-2. The molecule has 0 aliphatic carbocycles. The number of hydrogen-bond acceptors (Lipinski definition) is 6. The van der Waals surface area contributed by atoms with E-state index in [4.69, 9.17) is 10.2 Å². The zero-order valence-electron chi connectivity index (χ0n) is 13.4. The number of rotatable bonds is 6. The molecule has 0 saturated carbocycles. The molecule has 8 heteroatoms. The van der Waals surface area contributed by atoms with Crippen LogP contribution in [0.1, 0.15) is 53.4 Å². The Morgan fingerprint density at radius 3 is 1.10 bits per heavy atom. The Bertz CT molecular complexity index is 251. The molecule has 20 heavy (non-hydrogen) atoms. The number of hydrogen-bond donors (Lipinski definition) is 2. The number of carboxylic acids is 2. The first-order valence-corrected chi connectivity index (χ1v) is 5.89. The molecule has 2 atom stereocenters. The summed E-state index contributed by atoms with van der Waals surface area (Å²) in [6.07, 6.45) is 1.77. The molecule has 0 rings (SSSR count). The third-order valence-electron chi connectivity index (χ3n) is 2.35. The van der Waals surface area contributed by atoms with E-state index in [-0.39, 0.29) is 72.0 Å². The fraction of sp³-hybridized carbons (Fsp3) is 0.833. The summed E-state index contributed by atoms with van der Waals surface area (Å²) in [5.41, 5.74) is -3.29. The van der Waals surface area contributed by atoms with Crippen LogP contribution in [-0.4, -0.2) is 33.4 Å². The summed E-state index contributed by atoms with van der Waals surface area (Å²) in [6.45, 7) is 6.09. The van der Waals surface area contributed by atoms with Crippen molar-refractivity contribution in [1.82, 2.24) is 0 Å². The smallest absolute Gasteiger partial charge is 0.547 e. The van der Waals surface area contributed by atoms with Gasteiger partial charge in [-0.25, -0.2) is 0 Å². The van der Waals surface area contributed by atoms with Crippen molar-refractivity contribution in [2.45, 2.75) is 64.6 Å². The summed E-state index contributed by atoms with van der Waals surface area (Å²) in [6, 6.07) is 0. The topological polar surface area (TPSA) is 121 Å². The summed E-state index contributed by atoms with van der Waals surface area (Å²) < 4.78 is 0. The van der Waals surface area contributed by atoms with Crippen LogP contribution in [0.15, 0.2) is 0 Å². The molecule has 0 aliphatic heterocycles. The zero-order valence-corrected chi connectivity index (χ0v) is 17.4. The first-order valence-electron chi connectivity index (χ1n) is 5.89. The number of aliphatic carboxylic acids is 2. The third kappa shape index (κ3) is 13.8. The Kier molecular flexibility index (Phi) is 19.6. The predicted octanol–water partition coefficient (Wildman–Crippen LogP) is -7.42. The van der Waals surface area contributed by atoms with Gasteiger partial charge >= 0.3 is 59.1 Å². The summed E-state index contributed by atoms with van der Waals surface area (Å²) in [5.74, 6) is -2.80. The average Bonchev–Trinajstić information content (AvgIpc) is 2.17. The minimum absolute atomic E-state index is 0. The van der Waals surface area contributed by atoms with Crippen LogP contribution in [-0.2, 0) is 9.59 Å². The van der Waals surface area contributed by atoms with E-state index < -0.39 is 23.1 Å². The molecule has 0 amide bonds. The predicted molar refractivity (Wildman–Crippen MR) is 61.1 cm³/mol. The van der Waals surface area contributed by atoms with E-state index in [0.717, 1.165) is 0 Å². The van der Waals surface area contributed by atoms with Crippen LogP contribution in [0.25, 0.3) is 0 Å². The molecular formula is C12H22Na2O6. The van der Waals surface area contributed by atoms with Crippen LogP contribution < -0.4 is 69.3 Å². The van der Waals surface area contributed by atoms with Gasteiger partial charge in [0.05, 0.1) is 11.9 Å². The van der Waals surface area contributed by atoms with E-state index in [0.29, 0.717) is 12.8 Å². The molecule has 0 heterocycles. The van der Waals surface area contributed by atoms with Gasteiger partial charge in [0.15, 0.2) is 0 Å². The molecule has 108 valence electrons. The molecular weight excluding hydrogens is 286 g/mol. The molecule has 2 N–H and O–H groups in total. The molecule has 0 radical (unpaired) electrons. The molecule has 0 spiro atoms. The zero-order chi connectivity index (χ0) is 15.0. The van der Waals surface area contributed by atoms with Gasteiger partial charge in [0.25, 0.3) is 0 Å². The van der Waals surface area contributed by atoms with Gasteiger partial charge in [-0.3, -0.25) is 0 Å². The van der Waals surface area contributed by atoms with Crippen LogP contribution in [0.3, 0.4) is 0 Å². The largest absolute Gasteiger partial charge is 1.00 e. The summed E-state index contributed by atoms with van der Waals surface area (Å²) in [4.78, 5) is 20.1. The molecule has 0 aromatic rings. The van der Waals surface area contributed by atoms with Gasteiger partial charge in [-0.2, -0.15) is 0 Å². The number of carbonyl (C=O) groups excluding carboxylic acids is 2. The van der Waals surface area contributed by atoms with Crippen LogP contribution in [0.5, 0.6) is 0 Å².